The van der Waals surface area contributed by atoms with Crippen LogP contribution < -0.4 is 9.64 Å². The Morgan fingerprint density at radius 3 is 2.17 bits per heavy atom. The third-order valence-electron chi connectivity index (χ3n) is 7.02. The fourth-order valence-corrected chi connectivity index (χ4v) is 6.14. The Bertz CT molecular complexity index is 649. The normalized spacial score (nSPS) is 21.9. The fourth-order valence-electron chi connectivity index (χ4n) is 6.14. The molecule has 0 radical (unpaired) electrons. The number of hydrogen-bond acceptors (Lipinski definition) is 3. The van der Waals surface area contributed by atoms with Gasteiger partial charge in [0.1, 0.15) is 5.75 Å². The lowest BCUT2D eigenvalue weighted by Gasteiger charge is -2.46. The van der Waals surface area contributed by atoms with Crippen molar-refractivity contribution in [3.63, 3.8) is 0 Å². The van der Waals surface area contributed by atoms with E-state index in [1.807, 2.05) is 0 Å². The van der Waals surface area contributed by atoms with E-state index in [-0.39, 0.29) is 12.4 Å². The van der Waals surface area contributed by atoms with Crippen molar-refractivity contribution in [2.45, 2.75) is 79.1 Å². The van der Waals surface area contributed by atoms with Crippen molar-refractivity contribution >= 4 is 18.1 Å². The molecular formula is C26H45ClN2O. The second-order valence-corrected chi connectivity index (χ2v) is 11.1. The van der Waals surface area contributed by atoms with Gasteiger partial charge in [-0.15, -0.1) is 12.4 Å². The van der Waals surface area contributed by atoms with Crippen molar-refractivity contribution in [3.8, 4) is 5.75 Å². The van der Waals surface area contributed by atoms with Gasteiger partial charge in [0.25, 0.3) is 0 Å². The number of methoxy groups -OCH3 is 1. The summed E-state index contributed by atoms with van der Waals surface area (Å²) in [6.45, 7) is 18.0. The molecule has 1 aliphatic heterocycles. The molecule has 1 heterocycles. The number of rotatable bonds is 7. The van der Waals surface area contributed by atoms with E-state index >= 15 is 0 Å². The Morgan fingerprint density at radius 2 is 1.60 bits per heavy atom. The molecule has 3 rings (SSSR count). The van der Waals surface area contributed by atoms with Gasteiger partial charge in [-0.05, 0) is 72.7 Å². The molecule has 1 saturated carbocycles. The molecule has 1 aliphatic carbocycles. The summed E-state index contributed by atoms with van der Waals surface area (Å²) in [6, 6.07) is 6.83. The summed E-state index contributed by atoms with van der Waals surface area (Å²) in [5.74, 6) is 1.62. The van der Waals surface area contributed by atoms with Gasteiger partial charge in [-0.3, -0.25) is 4.90 Å². The number of piperazine rings is 1. The molecule has 0 spiro atoms. The van der Waals surface area contributed by atoms with Crippen molar-refractivity contribution in [2.75, 3.05) is 44.7 Å². The summed E-state index contributed by atoms with van der Waals surface area (Å²) < 4.78 is 5.64. The Labute approximate surface area is 192 Å². The lowest BCUT2D eigenvalue weighted by Crippen LogP contribution is -2.47. The van der Waals surface area contributed by atoms with Gasteiger partial charge < -0.3 is 9.64 Å². The molecule has 0 bridgehead atoms. The number of anilines is 1. The van der Waals surface area contributed by atoms with Gasteiger partial charge in [0, 0.05) is 31.9 Å². The maximum atomic E-state index is 5.64. The molecule has 3 nitrogen and oxygen atoms in total. The average Bonchev–Trinajstić information content (AvgIpc) is 2.66. The summed E-state index contributed by atoms with van der Waals surface area (Å²) in [6.07, 6.45) is 7.86. The molecule has 2 aliphatic rings. The summed E-state index contributed by atoms with van der Waals surface area (Å²) in [7, 11) is 1.79. The SMILES string of the molecule is CCCCCN1CCN(c2ccc(OC)cc2C2CC(C)(C)CC(C)(C)C2)CC1.Cl. The van der Waals surface area contributed by atoms with Crippen LogP contribution in [0, 0.1) is 10.8 Å². The minimum absolute atomic E-state index is 0. The molecule has 1 saturated heterocycles. The number of unbranched alkanes of at least 4 members (excludes halogenated alkanes) is 2. The van der Waals surface area contributed by atoms with Crippen LogP contribution in [0.5, 0.6) is 5.75 Å². The zero-order valence-electron chi connectivity index (χ0n) is 20.3. The van der Waals surface area contributed by atoms with E-state index in [0.717, 1.165) is 18.8 Å². The first-order valence-electron chi connectivity index (χ1n) is 11.9. The largest absolute Gasteiger partial charge is 0.497 e. The highest BCUT2D eigenvalue weighted by atomic mass is 35.5. The Kier molecular flexibility index (Phi) is 8.94. The predicted molar refractivity (Wildman–Crippen MR) is 133 cm³/mol. The number of nitrogens with zero attached hydrogens (tertiary/aromatic N) is 2. The topological polar surface area (TPSA) is 15.7 Å². The smallest absolute Gasteiger partial charge is 0.119 e. The van der Waals surface area contributed by atoms with Crippen LogP contribution in [0.1, 0.15) is 84.6 Å². The highest BCUT2D eigenvalue weighted by Crippen LogP contribution is 2.53. The van der Waals surface area contributed by atoms with Gasteiger partial charge in [-0.25, -0.2) is 0 Å². The molecule has 2 fully saturated rings. The summed E-state index contributed by atoms with van der Waals surface area (Å²) >= 11 is 0. The Morgan fingerprint density at radius 1 is 0.967 bits per heavy atom. The molecule has 30 heavy (non-hydrogen) atoms. The van der Waals surface area contributed by atoms with Crippen molar-refractivity contribution in [3.05, 3.63) is 23.8 Å². The highest BCUT2D eigenvalue weighted by Gasteiger charge is 2.40. The van der Waals surface area contributed by atoms with Crippen molar-refractivity contribution in [1.82, 2.24) is 4.90 Å². The molecule has 1 aromatic rings. The number of benzene rings is 1. The van der Waals surface area contributed by atoms with Crippen LogP contribution in [0.2, 0.25) is 0 Å². The maximum Gasteiger partial charge on any atom is 0.119 e. The van der Waals surface area contributed by atoms with Crippen LogP contribution in [-0.2, 0) is 0 Å². The van der Waals surface area contributed by atoms with Gasteiger partial charge >= 0.3 is 0 Å². The van der Waals surface area contributed by atoms with Crippen LogP contribution in [-0.4, -0.2) is 44.7 Å². The fraction of sp³-hybridized carbons (Fsp3) is 0.769. The first-order chi connectivity index (χ1) is 13.7. The monoisotopic (exact) mass is 436 g/mol. The zero-order valence-corrected chi connectivity index (χ0v) is 21.1. The van der Waals surface area contributed by atoms with Gasteiger partial charge in [0.15, 0.2) is 0 Å². The first-order valence-corrected chi connectivity index (χ1v) is 11.9. The van der Waals surface area contributed by atoms with Gasteiger partial charge in [-0.1, -0.05) is 47.5 Å². The minimum Gasteiger partial charge on any atom is -0.497 e. The number of ether oxygens (including phenoxy) is 1. The molecule has 0 atom stereocenters. The lowest BCUT2D eigenvalue weighted by molar-refractivity contribution is 0.0969. The molecule has 172 valence electrons. The number of hydrogen-bond donors (Lipinski definition) is 0. The van der Waals surface area contributed by atoms with Crippen LogP contribution in [0.4, 0.5) is 5.69 Å². The standard InChI is InChI=1S/C26H44N2O.ClH/c1-7-8-9-12-27-13-15-28(16-14-27)24-11-10-22(29-6)17-23(24)21-18-25(2,3)20-26(4,5)19-21;/h10-11,17,21H,7-9,12-16,18-20H2,1-6H3;1H. The van der Waals surface area contributed by atoms with Crippen molar-refractivity contribution in [2.24, 2.45) is 10.8 Å². The predicted octanol–water partition coefficient (Wildman–Crippen LogP) is 6.75. The zero-order chi connectivity index (χ0) is 21.1. The summed E-state index contributed by atoms with van der Waals surface area (Å²) in [5, 5.41) is 0. The van der Waals surface area contributed by atoms with Crippen molar-refractivity contribution in [1.29, 1.82) is 0 Å². The number of halogens is 1. The first kappa shape index (κ1) is 25.3. The van der Waals surface area contributed by atoms with E-state index in [9.17, 15) is 0 Å². The van der Waals surface area contributed by atoms with Crippen LogP contribution in [0.15, 0.2) is 18.2 Å². The molecule has 4 heteroatoms. The molecule has 0 N–H and O–H groups in total. The molecule has 0 unspecified atom stereocenters. The van der Waals surface area contributed by atoms with Gasteiger partial charge in [0.2, 0.25) is 0 Å². The lowest BCUT2D eigenvalue weighted by atomic mass is 9.60. The maximum absolute atomic E-state index is 5.64. The average molecular weight is 437 g/mol. The van der Waals surface area contributed by atoms with E-state index in [1.165, 1.54) is 69.4 Å². The van der Waals surface area contributed by atoms with Gasteiger partial charge in [-0.2, -0.15) is 0 Å². The van der Waals surface area contributed by atoms with E-state index in [4.69, 9.17) is 4.74 Å². The highest BCUT2D eigenvalue weighted by molar-refractivity contribution is 5.85. The summed E-state index contributed by atoms with van der Waals surface area (Å²) in [4.78, 5) is 5.29. The summed E-state index contributed by atoms with van der Waals surface area (Å²) in [5.41, 5.74) is 3.76. The Hall–Kier alpha value is -0.930. The van der Waals surface area contributed by atoms with Crippen molar-refractivity contribution < 1.29 is 4.74 Å². The van der Waals surface area contributed by atoms with Gasteiger partial charge in [0.05, 0.1) is 7.11 Å². The second-order valence-electron chi connectivity index (χ2n) is 11.1. The molecule has 0 amide bonds. The Balaban J connectivity index is 0.00000320. The van der Waals surface area contributed by atoms with Crippen LogP contribution in [0.25, 0.3) is 0 Å². The van der Waals surface area contributed by atoms with Crippen LogP contribution in [0.3, 0.4) is 0 Å². The molecule has 1 aromatic carbocycles. The van der Waals surface area contributed by atoms with E-state index in [2.05, 4.69) is 62.6 Å². The van der Waals surface area contributed by atoms with E-state index < -0.39 is 0 Å². The third-order valence-corrected chi connectivity index (χ3v) is 7.02. The van der Waals surface area contributed by atoms with E-state index in [1.54, 1.807) is 7.11 Å². The minimum atomic E-state index is 0. The molecule has 0 aromatic heterocycles. The van der Waals surface area contributed by atoms with E-state index in [0.29, 0.717) is 16.7 Å². The molecular weight excluding hydrogens is 392 g/mol. The quantitative estimate of drug-likeness (QED) is 0.439. The third kappa shape index (κ3) is 6.53. The second kappa shape index (κ2) is 10.6. The van der Waals surface area contributed by atoms with Crippen LogP contribution >= 0.6 is 12.4 Å².